The van der Waals surface area contributed by atoms with Gasteiger partial charge in [0.1, 0.15) is 5.52 Å². The summed E-state index contributed by atoms with van der Waals surface area (Å²) in [6.45, 7) is 0. The van der Waals surface area contributed by atoms with Crippen molar-refractivity contribution in [2.75, 3.05) is 0 Å². The summed E-state index contributed by atoms with van der Waals surface area (Å²) in [5.74, 6) is 5.15. The van der Waals surface area contributed by atoms with Crippen LogP contribution in [0.5, 0.6) is 0 Å². The molecule has 82 valence electrons. The first-order valence-corrected chi connectivity index (χ1v) is 4.62. The smallest absolute Gasteiger partial charge is 0.274 e. The van der Waals surface area contributed by atoms with E-state index in [1.807, 2.05) is 0 Å². The van der Waals surface area contributed by atoms with Gasteiger partial charge in [-0.05, 0) is 6.07 Å². The molecule has 0 saturated heterocycles. The third-order valence-corrected chi connectivity index (χ3v) is 2.21. The summed E-state index contributed by atoms with van der Waals surface area (Å²) < 4.78 is 0. The summed E-state index contributed by atoms with van der Waals surface area (Å²) in [5, 5.41) is 0.690. The highest BCUT2D eigenvalue weighted by molar-refractivity contribution is 5.89. The SMILES string of the molecule is NN/C=C(\N)c1c[nH]c(=O)c2ncccc12. The van der Waals surface area contributed by atoms with Crippen LogP contribution in [0, 0.1) is 0 Å². The number of rotatable bonds is 2. The molecule has 0 spiro atoms. The first-order valence-electron chi connectivity index (χ1n) is 4.62. The molecule has 0 unspecified atom stereocenters. The van der Waals surface area contributed by atoms with Crippen LogP contribution in [0.1, 0.15) is 5.56 Å². The molecule has 0 aromatic carbocycles. The fraction of sp³-hybridized carbons (Fsp3) is 0. The summed E-state index contributed by atoms with van der Waals surface area (Å²) in [4.78, 5) is 18.1. The number of aromatic nitrogens is 2. The Balaban J connectivity index is 2.77. The average Bonchev–Trinajstić information content (AvgIpc) is 2.30. The van der Waals surface area contributed by atoms with Gasteiger partial charge in [-0.25, -0.2) is 0 Å². The highest BCUT2D eigenvalue weighted by Crippen LogP contribution is 2.16. The summed E-state index contributed by atoms with van der Waals surface area (Å²) in [7, 11) is 0. The molecule has 0 bridgehead atoms. The molecule has 0 atom stereocenters. The van der Waals surface area contributed by atoms with Crippen molar-refractivity contribution in [2.24, 2.45) is 11.6 Å². The number of aromatic amines is 1. The van der Waals surface area contributed by atoms with Crippen LogP contribution in [0.2, 0.25) is 0 Å². The molecule has 2 aromatic heterocycles. The van der Waals surface area contributed by atoms with Gasteiger partial charge >= 0.3 is 0 Å². The van der Waals surface area contributed by atoms with Crippen molar-refractivity contribution in [1.82, 2.24) is 15.4 Å². The second-order valence-corrected chi connectivity index (χ2v) is 3.20. The molecule has 6 heteroatoms. The molecule has 6 N–H and O–H groups in total. The van der Waals surface area contributed by atoms with Crippen molar-refractivity contribution in [1.29, 1.82) is 0 Å². The predicted molar refractivity (Wildman–Crippen MR) is 61.9 cm³/mol. The molecule has 16 heavy (non-hydrogen) atoms. The van der Waals surface area contributed by atoms with E-state index in [9.17, 15) is 4.79 Å². The average molecular weight is 217 g/mol. The van der Waals surface area contributed by atoms with Crippen molar-refractivity contribution < 1.29 is 0 Å². The van der Waals surface area contributed by atoms with Crippen molar-refractivity contribution >= 4 is 16.6 Å². The monoisotopic (exact) mass is 217 g/mol. The lowest BCUT2D eigenvalue weighted by Crippen LogP contribution is -2.17. The minimum Gasteiger partial charge on any atom is -0.397 e. The Morgan fingerprint density at radius 1 is 1.56 bits per heavy atom. The zero-order chi connectivity index (χ0) is 11.5. The minimum atomic E-state index is -0.243. The quantitative estimate of drug-likeness (QED) is 0.406. The van der Waals surface area contributed by atoms with Gasteiger partial charge in [-0.15, -0.1) is 0 Å². The van der Waals surface area contributed by atoms with Gasteiger partial charge in [-0.1, -0.05) is 6.07 Å². The molecule has 0 radical (unpaired) electrons. The minimum absolute atomic E-state index is 0.243. The molecule has 0 aliphatic carbocycles. The molecular weight excluding hydrogens is 206 g/mol. The second-order valence-electron chi connectivity index (χ2n) is 3.20. The topological polar surface area (TPSA) is 110 Å². The van der Waals surface area contributed by atoms with Gasteiger partial charge in [-0.2, -0.15) is 0 Å². The van der Waals surface area contributed by atoms with Gasteiger partial charge in [0.2, 0.25) is 0 Å². The number of nitrogens with two attached hydrogens (primary N) is 2. The molecule has 0 saturated carbocycles. The molecule has 2 heterocycles. The maximum absolute atomic E-state index is 11.5. The number of hydrogen-bond acceptors (Lipinski definition) is 5. The maximum Gasteiger partial charge on any atom is 0.274 e. The van der Waals surface area contributed by atoms with Crippen LogP contribution in [0.25, 0.3) is 16.6 Å². The summed E-state index contributed by atoms with van der Waals surface area (Å²) >= 11 is 0. The standard InChI is InChI=1S/C10H11N5O/c11-8(5-15-12)7-4-14-10(16)9-6(7)2-1-3-13-9/h1-5,15H,11-12H2,(H,14,16)/b8-5-. The van der Waals surface area contributed by atoms with E-state index in [2.05, 4.69) is 15.4 Å². The summed E-state index contributed by atoms with van der Waals surface area (Å²) in [6.07, 6.45) is 4.54. The van der Waals surface area contributed by atoms with Gasteiger partial charge in [0.15, 0.2) is 0 Å². The van der Waals surface area contributed by atoms with E-state index < -0.39 is 0 Å². The van der Waals surface area contributed by atoms with Crippen molar-refractivity contribution in [3.8, 4) is 0 Å². The fourth-order valence-electron chi connectivity index (χ4n) is 1.49. The van der Waals surface area contributed by atoms with Crippen LogP contribution in [0.4, 0.5) is 0 Å². The lowest BCUT2D eigenvalue weighted by molar-refractivity contribution is 0.967. The highest BCUT2D eigenvalue weighted by Gasteiger charge is 2.06. The molecular formula is C10H11N5O. The Morgan fingerprint density at radius 3 is 3.12 bits per heavy atom. The van der Waals surface area contributed by atoms with Gasteiger partial charge in [0.25, 0.3) is 5.56 Å². The lowest BCUT2D eigenvalue weighted by atomic mass is 10.1. The number of fused-ring (bicyclic) bond motifs is 1. The van der Waals surface area contributed by atoms with Crippen LogP contribution in [-0.2, 0) is 0 Å². The first-order chi connectivity index (χ1) is 7.74. The van der Waals surface area contributed by atoms with Gasteiger partial charge in [0, 0.05) is 29.5 Å². The van der Waals surface area contributed by atoms with Crippen molar-refractivity contribution in [3.63, 3.8) is 0 Å². The van der Waals surface area contributed by atoms with Crippen LogP contribution >= 0.6 is 0 Å². The Kier molecular flexibility index (Phi) is 2.57. The number of H-pyrrole nitrogens is 1. The molecule has 6 nitrogen and oxygen atoms in total. The van der Waals surface area contributed by atoms with E-state index in [1.54, 1.807) is 18.3 Å². The van der Waals surface area contributed by atoms with E-state index in [0.29, 0.717) is 22.2 Å². The molecule has 0 aliphatic rings. The van der Waals surface area contributed by atoms with Gasteiger partial charge in [-0.3, -0.25) is 15.6 Å². The van der Waals surface area contributed by atoms with Gasteiger partial charge in [0.05, 0.1) is 5.70 Å². The van der Waals surface area contributed by atoms with Crippen molar-refractivity contribution in [2.45, 2.75) is 0 Å². The number of nitrogens with one attached hydrogen (secondary N) is 2. The van der Waals surface area contributed by atoms with Gasteiger partial charge < -0.3 is 16.1 Å². The number of nitrogens with zero attached hydrogens (tertiary/aromatic N) is 1. The number of hydrogen-bond donors (Lipinski definition) is 4. The van der Waals surface area contributed by atoms with Crippen LogP contribution in [0.3, 0.4) is 0 Å². The summed E-state index contributed by atoms with van der Waals surface area (Å²) in [5.41, 5.74) is 9.36. The molecule has 0 aliphatic heterocycles. The number of pyridine rings is 2. The molecule has 0 fully saturated rings. The van der Waals surface area contributed by atoms with Crippen LogP contribution in [-0.4, -0.2) is 9.97 Å². The predicted octanol–water partition coefficient (Wildman–Crippen LogP) is -0.356. The Hall–Kier alpha value is -2.34. The highest BCUT2D eigenvalue weighted by atomic mass is 16.1. The fourth-order valence-corrected chi connectivity index (χ4v) is 1.49. The van der Waals surface area contributed by atoms with Crippen LogP contribution < -0.4 is 22.6 Å². The second kappa shape index (κ2) is 4.03. The normalized spacial score (nSPS) is 11.7. The Morgan fingerprint density at radius 2 is 2.38 bits per heavy atom. The maximum atomic E-state index is 11.5. The lowest BCUT2D eigenvalue weighted by Gasteiger charge is -2.05. The molecule has 2 rings (SSSR count). The van der Waals surface area contributed by atoms with E-state index in [4.69, 9.17) is 11.6 Å². The van der Waals surface area contributed by atoms with E-state index >= 15 is 0 Å². The van der Waals surface area contributed by atoms with Crippen molar-refractivity contribution in [3.05, 3.63) is 46.6 Å². The largest absolute Gasteiger partial charge is 0.397 e. The Labute approximate surface area is 91.0 Å². The molecule has 2 aromatic rings. The summed E-state index contributed by atoms with van der Waals surface area (Å²) in [6, 6.07) is 3.53. The van der Waals surface area contributed by atoms with Crippen LogP contribution in [0.15, 0.2) is 35.5 Å². The number of hydrazine groups is 1. The first kappa shape index (κ1) is 10.2. The zero-order valence-electron chi connectivity index (χ0n) is 8.40. The third-order valence-electron chi connectivity index (χ3n) is 2.21. The molecule has 0 amide bonds. The van der Waals surface area contributed by atoms with E-state index in [1.165, 1.54) is 12.4 Å². The zero-order valence-corrected chi connectivity index (χ0v) is 8.40. The Bertz CT molecular complexity index is 601. The van der Waals surface area contributed by atoms with E-state index in [-0.39, 0.29) is 5.56 Å². The third kappa shape index (κ3) is 1.61. The van der Waals surface area contributed by atoms with E-state index in [0.717, 1.165) is 0 Å².